The summed E-state index contributed by atoms with van der Waals surface area (Å²) in [4.78, 5) is 27.7. The molecule has 0 radical (unpaired) electrons. The molecule has 2 N–H and O–H groups in total. The number of nitrogens with zero attached hydrogens (tertiary/aromatic N) is 2. The molecular weight excluding hydrogens is 426 g/mol. The second-order valence-electron chi connectivity index (χ2n) is 9.07. The van der Waals surface area contributed by atoms with Gasteiger partial charge in [-0.3, -0.25) is 14.3 Å². The van der Waals surface area contributed by atoms with Crippen molar-refractivity contribution in [1.82, 2.24) is 9.55 Å². The number of anilines is 1. The van der Waals surface area contributed by atoms with Gasteiger partial charge in [0.1, 0.15) is 0 Å². The molecule has 0 bridgehead atoms. The first-order chi connectivity index (χ1) is 16.6. The van der Waals surface area contributed by atoms with Gasteiger partial charge >= 0.3 is 12.0 Å². The van der Waals surface area contributed by atoms with E-state index in [0.29, 0.717) is 23.9 Å². The van der Waals surface area contributed by atoms with Gasteiger partial charge in [-0.1, -0.05) is 30.3 Å². The highest BCUT2D eigenvalue weighted by molar-refractivity contribution is 5.99. The SMILES string of the molecule is O=C(O)C[C@H]1CC[C@H](c2ccc(-c3ccc4c(ccn4C(=O)Nc4cccnc4)c3)cc2)CC1. The zero-order valence-corrected chi connectivity index (χ0v) is 18.9. The fraction of sp³-hybridized carbons (Fsp3) is 0.250. The Labute approximate surface area is 198 Å². The standard InChI is InChI=1S/C28H27N3O3/c32-27(33)16-19-3-5-20(6-4-19)21-7-9-22(10-8-21)23-11-12-26-24(17-23)13-15-31(26)28(34)30-25-2-1-14-29-18-25/h1-2,7-15,17-20H,3-6,16H2,(H,30,34)(H,32,33)/t19-,20-. The monoisotopic (exact) mass is 453 g/mol. The highest BCUT2D eigenvalue weighted by atomic mass is 16.4. The molecule has 0 atom stereocenters. The van der Waals surface area contributed by atoms with Crippen LogP contribution in [0.25, 0.3) is 22.0 Å². The molecule has 0 saturated heterocycles. The van der Waals surface area contributed by atoms with Crippen LogP contribution in [0.2, 0.25) is 0 Å². The molecule has 172 valence electrons. The van der Waals surface area contributed by atoms with Crippen LogP contribution < -0.4 is 5.32 Å². The minimum Gasteiger partial charge on any atom is -0.481 e. The van der Waals surface area contributed by atoms with Crippen LogP contribution in [-0.4, -0.2) is 26.7 Å². The molecule has 1 fully saturated rings. The van der Waals surface area contributed by atoms with Gasteiger partial charge in [0.2, 0.25) is 0 Å². The molecule has 0 unspecified atom stereocenters. The van der Waals surface area contributed by atoms with Crippen molar-refractivity contribution in [3.63, 3.8) is 0 Å². The van der Waals surface area contributed by atoms with Crippen LogP contribution in [-0.2, 0) is 4.79 Å². The highest BCUT2D eigenvalue weighted by Gasteiger charge is 2.24. The van der Waals surface area contributed by atoms with Gasteiger partial charge in [0.25, 0.3) is 0 Å². The molecule has 34 heavy (non-hydrogen) atoms. The lowest BCUT2D eigenvalue weighted by Gasteiger charge is -2.28. The fourth-order valence-electron chi connectivity index (χ4n) is 5.01. The Kier molecular flexibility index (Phi) is 6.12. The van der Waals surface area contributed by atoms with Gasteiger partial charge in [0, 0.05) is 24.2 Å². The van der Waals surface area contributed by atoms with E-state index in [0.717, 1.165) is 47.7 Å². The van der Waals surface area contributed by atoms with E-state index in [1.807, 2.05) is 18.2 Å². The summed E-state index contributed by atoms with van der Waals surface area (Å²) in [5, 5.41) is 12.9. The first-order valence-corrected chi connectivity index (χ1v) is 11.7. The van der Waals surface area contributed by atoms with Gasteiger partial charge in [0.05, 0.1) is 17.4 Å². The fourth-order valence-corrected chi connectivity index (χ4v) is 5.01. The van der Waals surface area contributed by atoms with E-state index < -0.39 is 5.97 Å². The lowest BCUT2D eigenvalue weighted by atomic mass is 9.77. The third-order valence-corrected chi connectivity index (χ3v) is 6.85. The lowest BCUT2D eigenvalue weighted by molar-refractivity contribution is -0.138. The van der Waals surface area contributed by atoms with Gasteiger partial charge in [-0.15, -0.1) is 0 Å². The molecule has 2 heterocycles. The van der Waals surface area contributed by atoms with Crippen molar-refractivity contribution < 1.29 is 14.7 Å². The Morgan fingerprint density at radius 3 is 2.44 bits per heavy atom. The van der Waals surface area contributed by atoms with Crippen LogP contribution in [0.3, 0.4) is 0 Å². The van der Waals surface area contributed by atoms with E-state index in [9.17, 15) is 9.59 Å². The number of carbonyl (C=O) groups is 2. The second kappa shape index (κ2) is 9.51. The predicted molar refractivity (Wildman–Crippen MR) is 133 cm³/mol. The van der Waals surface area contributed by atoms with Crippen LogP contribution >= 0.6 is 0 Å². The zero-order chi connectivity index (χ0) is 23.5. The summed E-state index contributed by atoms with van der Waals surface area (Å²) in [5.41, 5.74) is 5.07. The summed E-state index contributed by atoms with van der Waals surface area (Å²) < 4.78 is 1.61. The largest absolute Gasteiger partial charge is 0.481 e. The zero-order valence-electron chi connectivity index (χ0n) is 18.9. The summed E-state index contributed by atoms with van der Waals surface area (Å²) in [6.07, 6.45) is 9.44. The maximum Gasteiger partial charge on any atom is 0.330 e. The van der Waals surface area contributed by atoms with Crippen molar-refractivity contribution in [2.45, 2.75) is 38.0 Å². The summed E-state index contributed by atoms with van der Waals surface area (Å²) in [6.45, 7) is 0. The van der Waals surface area contributed by atoms with Crippen molar-refractivity contribution >= 4 is 28.6 Å². The summed E-state index contributed by atoms with van der Waals surface area (Å²) in [7, 11) is 0. The Morgan fingerprint density at radius 2 is 1.74 bits per heavy atom. The summed E-state index contributed by atoms with van der Waals surface area (Å²) >= 11 is 0. The lowest BCUT2D eigenvalue weighted by Crippen LogP contribution is -2.18. The average molecular weight is 454 g/mol. The summed E-state index contributed by atoms with van der Waals surface area (Å²) in [6, 6.07) is 20.2. The number of hydrogen-bond acceptors (Lipinski definition) is 3. The van der Waals surface area contributed by atoms with Gasteiger partial charge in [-0.25, -0.2) is 4.79 Å². The third kappa shape index (κ3) is 4.71. The van der Waals surface area contributed by atoms with Crippen LogP contribution in [0.15, 0.2) is 79.3 Å². The quantitative estimate of drug-likeness (QED) is 0.360. The van der Waals surface area contributed by atoms with Crippen molar-refractivity contribution in [3.05, 3.63) is 84.8 Å². The van der Waals surface area contributed by atoms with Crippen molar-refractivity contribution in [3.8, 4) is 11.1 Å². The molecule has 4 aromatic rings. The molecule has 6 nitrogen and oxygen atoms in total. The van der Waals surface area contributed by atoms with Gasteiger partial charge in [0.15, 0.2) is 0 Å². The molecule has 5 rings (SSSR count). The molecule has 1 saturated carbocycles. The number of carboxylic acid groups (broad SMARTS) is 1. The van der Waals surface area contributed by atoms with Crippen molar-refractivity contribution in [2.75, 3.05) is 5.32 Å². The number of pyridine rings is 1. The Bertz CT molecular complexity index is 1300. The van der Waals surface area contributed by atoms with Gasteiger partial charge < -0.3 is 10.4 Å². The number of carbonyl (C=O) groups excluding carboxylic acids is 1. The van der Waals surface area contributed by atoms with E-state index in [1.165, 1.54) is 5.56 Å². The topological polar surface area (TPSA) is 84.2 Å². The molecule has 1 aliphatic rings. The van der Waals surface area contributed by atoms with Crippen LogP contribution in [0.5, 0.6) is 0 Å². The number of hydrogen-bond donors (Lipinski definition) is 2. The minimum atomic E-state index is -0.686. The van der Waals surface area contributed by atoms with Crippen molar-refractivity contribution in [1.29, 1.82) is 0 Å². The van der Waals surface area contributed by atoms with Crippen LogP contribution in [0, 0.1) is 5.92 Å². The molecule has 0 aliphatic heterocycles. The molecular formula is C28H27N3O3. The van der Waals surface area contributed by atoms with Crippen LogP contribution in [0.1, 0.15) is 43.6 Å². The first-order valence-electron chi connectivity index (χ1n) is 11.7. The van der Waals surface area contributed by atoms with E-state index >= 15 is 0 Å². The van der Waals surface area contributed by atoms with E-state index in [-0.39, 0.29) is 6.03 Å². The van der Waals surface area contributed by atoms with E-state index in [1.54, 1.807) is 35.3 Å². The maximum atomic E-state index is 12.7. The molecule has 1 aliphatic carbocycles. The molecule has 2 aromatic carbocycles. The number of aliphatic carboxylic acids is 1. The van der Waals surface area contributed by atoms with E-state index in [2.05, 4.69) is 40.6 Å². The predicted octanol–water partition coefficient (Wildman–Crippen LogP) is 6.53. The third-order valence-electron chi connectivity index (χ3n) is 6.85. The highest BCUT2D eigenvalue weighted by Crippen LogP contribution is 2.37. The second-order valence-corrected chi connectivity index (χ2v) is 9.07. The Hall–Kier alpha value is -3.93. The average Bonchev–Trinajstić information content (AvgIpc) is 3.28. The maximum absolute atomic E-state index is 12.7. The van der Waals surface area contributed by atoms with Crippen molar-refractivity contribution in [2.24, 2.45) is 5.92 Å². The molecule has 1 amide bonds. The smallest absolute Gasteiger partial charge is 0.330 e. The van der Waals surface area contributed by atoms with Gasteiger partial charge in [-0.2, -0.15) is 0 Å². The van der Waals surface area contributed by atoms with E-state index in [4.69, 9.17) is 5.11 Å². The minimum absolute atomic E-state index is 0.224. The molecule has 6 heteroatoms. The summed E-state index contributed by atoms with van der Waals surface area (Å²) in [5.74, 6) is 0.140. The number of fused-ring (bicyclic) bond motifs is 1. The Morgan fingerprint density at radius 1 is 0.971 bits per heavy atom. The number of rotatable bonds is 5. The molecule has 2 aromatic heterocycles. The number of carboxylic acids is 1. The normalized spacial score (nSPS) is 18.0. The Balaban J connectivity index is 1.28. The number of amides is 1. The molecule has 0 spiro atoms. The number of nitrogens with one attached hydrogen (secondary N) is 1. The number of aromatic nitrogens is 2. The number of benzene rings is 2. The van der Waals surface area contributed by atoms with Gasteiger partial charge in [-0.05, 0) is 84.5 Å². The van der Waals surface area contributed by atoms with Crippen LogP contribution in [0.4, 0.5) is 10.5 Å². The first kappa shape index (κ1) is 21.9.